The molecule has 0 unspecified atom stereocenters. The molecule has 3 heteroatoms. The van der Waals surface area contributed by atoms with E-state index < -0.39 is 0 Å². The lowest BCUT2D eigenvalue weighted by atomic mass is 10.2. The van der Waals surface area contributed by atoms with E-state index in [4.69, 9.17) is 14.6 Å². The summed E-state index contributed by atoms with van der Waals surface area (Å²) < 4.78 is 10.5. The Labute approximate surface area is 67.3 Å². The summed E-state index contributed by atoms with van der Waals surface area (Å²) in [6.45, 7) is 3.63. The molecule has 1 aliphatic rings. The van der Waals surface area contributed by atoms with Gasteiger partial charge in [0.1, 0.15) is 0 Å². The highest BCUT2D eigenvalue weighted by Gasteiger charge is 2.15. The van der Waals surface area contributed by atoms with Crippen LogP contribution in [0.2, 0.25) is 0 Å². The van der Waals surface area contributed by atoms with Crippen LogP contribution in [0.15, 0.2) is 0 Å². The highest BCUT2D eigenvalue weighted by molar-refractivity contribution is 4.63. The van der Waals surface area contributed by atoms with Crippen LogP contribution in [0.1, 0.15) is 19.8 Å². The Morgan fingerprint density at radius 2 is 2.55 bits per heavy atom. The molecule has 0 aromatic carbocycles. The fourth-order valence-corrected chi connectivity index (χ4v) is 1.15. The van der Waals surface area contributed by atoms with E-state index in [1.807, 2.05) is 0 Å². The van der Waals surface area contributed by atoms with Gasteiger partial charge >= 0.3 is 0 Å². The summed E-state index contributed by atoms with van der Waals surface area (Å²) >= 11 is 0. The monoisotopic (exact) mass is 160 g/mol. The number of hydrogen-bond acceptors (Lipinski definition) is 3. The Morgan fingerprint density at radius 3 is 3.09 bits per heavy atom. The number of rotatable bonds is 4. The molecule has 0 spiro atoms. The van der Waals surface area contributed by atoms with Crippen molar-refractivity contribution < 1.29 is 14.6 Å². The lowest BCUT2D eigenvalue weighted by Crippen LogP contribution is -2.18. The second-order valence-electron chi connectivity index (χ2n) is 3.02. The standard InChI is InChI=1S/C8H16O3/c1-7(9)5-10-6-8-3-2-4-11-8/h7-9H,2-6H2,1H3/t7-,8+/m0/s1. The summed E-state index contributed by atoms with van der Waals surface area (Å²) in [7, 11) is 0. The van der Waals surface area contributed by atoms with Crippen LogP contribution < -0.4 is 0 Å². The number of aliphatic hydroxyl groups excluding tert-OH is 1. The molecule has 0 aromatic rings. The maximum absolute atomic E-state index is 8.86. The Morgan fingerprint density at radius 1 is 1.73 bits per heavy atom. The Bertz CT molecular complexity index is 97.5. The predicted octanol–water partition coefficient (Wildman–Crippen LogP) is 0.563. The van der Waals surface area contributed by atoms with E-state index in [1.54, 1.807) is 6.92 Å². The van der Waals surface area contributed by atoms with Crippen LogP contribution in [0.5, 0.6) is 0 Å². The van der Waals surface area contributed by atoms with Gasteiger partial charge in [0.05, 0.1) is 25.4 Å². The minimum absolute atomic E-state index is 0.272. The zero-order chi connectivity index (χ0) is 8.10. The third-order valence-corrected chi connectivity index (χ3v) is 1.69. The molecule has 0 bridgehead atoms. The molecule has 3 nitrogen and oxygen atoms in total. The van der Waals surface area contributed by atoms with Crippen LogP contribution in [0.3, 0.4) is 0 Å². The number of ether oxygens (including phenoxy) is 2. The van der Waals surface area contributed by atoms with Crippen molar-refractivity contribution >= 4 is 0 Å². The summed E-state index contributed by atoms with van der Waals surface area (Å²) in [6.07, 6.45) is 2.15. The molecular formula is C8H16O3. The molecule has 0 saturated carbocycles. The molecule has 1 rings (SSSR count). The highest BCUT2D eigenvalue weighted by Crippen LogP contribution is 2.11. The maximum Gasteiger partial charge on any atom is 0.0809 e. The summed E-state index contributed by atoms with van der Waals surface area (Å²) in [6, 6.07) is 0. The first-order valence-electron chi connectivity index (χ1n) is 4.16. The van der Waals surface area contributed by atoms with E-state index in [1.165, 1.54) is 0 Å². The van der Waals surface area contributed by atoms with Gasteiger partial charge in [0.25, 0.3) is 0 Å². The Hall–Kier alpha value is -0.120. The SMILES string of the molecule is C[C@H](O)COC[C@H]1CCCO1. The van der Waals surface area contributed by atoms with Crippen LogP contribution in [0.25, 0.3) is 0 Å². The molecular weight excluding hydrogens is 144 g/mol. The molecule has 1 N–H and O–H groups in total. The van der Waals surface area contributed by atoms with Crippen molar-refractivity contribution in [3.05, 3.63) is 0 Å². The van der Waals surface area contributed by atoms with Crippen LogP contribution >= 0.6 is 0 Å². The van der Waals surface area contributed by atoms with Crippen molar-refractivity contribution in [1.29, 1.82) is 0 Å². The second kappa shape index (κ2) is 4.70. The first-order valence-corrected chi connectivity index (χ1v) is 4.16. The van der Waals surface area contributed by atoms with Crippen molar-refractivity contribution in [2.75, 3.05) is 19.8 Å². The molecule has 2 atom stereocenters. The molecule has 1 saturated heterocycles. The Kier molecular flexibility index (Phi) is 3.83. The quantitative estimate of drug-likeness (QED) is 0.653. The van der Waals surface area contributed by atoms with Gasteiger partial charge in [-0.05, 0) is 19.8 Å². The topological polar surface area (TPSA) is 38.7 Å². The maximum atomic E-state index is 8.86. The van der Waals surface area contributed by atoms with E-state index in [-0.39, 0.29) is 12.2 Å². The fourth-order valence-electron chi connectivity index (χ4n) is 1.15. The van der Waals surface area contributed by atoms with Gasteiger partial charge in [0.15, 0.2) is 0 Å². The molecule has 0 aromatic heterocycles. The van der Waals surface area contributed by atoms with Crippen molar-refractivity contribution in [2.24, 2.45) is 0 Å². The molecule has 1 fully saturated rings. The van der Waals surface area contributed by atoms with Crippen molar-refractivity contribution in [3.8, 4) is 0 Å². The third kappa shape index (κ3) is 3.70. The molecule has 1 heterocycles. The van der Waals surface area contributed by atoms with Gasteiger partial charge in [-0.2, -0.15) is 0 Å². The largest absolute Gasteiger partial charge is 0.391 e. The predicted molar refractivity (Wildman–Crippen MR) is 41.5 cm³/mol. The normalized spacial score (nSPS) is 27.3. The van der Waals surface area contributed by atoms with Crippen LogP contribution in [-0.4, -0.2) is 37.1 Å². The average molecular weight is 160 g/mol. The molecule has 0 aliphatic carbocycles. The number of aliphatic hydroxyl groups is 1. The zero-order valence-electron chi connectivity index (χ0n) is 6.95. The van der Waals surface area contributed by atoms with Gasteiger partial charge in [-0.25, -0.2) is 0 Å². The first kappa shape index (κ1) is 8.97. The molecule has 0 amide bonds. The Balaban J connectivity index is 1.94. The summed E-state index contributed by atoms with van der Waals surface area (Å²) in [4.78, 5) is 0. The smallest absolute Gasteiger partial charge is 0.0809 e. The van der Waals surface area contributed by atoms with Gasteiger partial charge in [-0.15, -0.1) is 0 Å². The number of hydrogen-bond donors (Lipinski definition) is 1. The van der Waals surface area contributed by atoms with Crippen LogP contribution in [-0.2, 0) is 9.47 Å². The van der Waals surface area contributed by atoms with Gasteiger partial charge in [0.2, 0.25) is 0 Å². The van der Waals surface area contributed by atoms with Gasteiger partial charge in [-0.1, -0.05) is 0 Å². The lowest BCUT2D eigenvalue weighted by molar-refractivity contribution is -0.0124. The molecule has 11 heavy (non-hydrogen) atoms. The summed E-state index contributed by atoms with van der Waals surface area (Å²) in [5.74, 6) is 0. The van der Waals surface area contributed by atoms with Gasteiger partial charge in [0, 0.05) is 6.61 Å². The van der Waals surface area contributed by atoms with Crippen molar-refractivity contribution in [1.82, 2.24) is 0 Å². The lowest BCUT2D eigenvalue weighted by Gasteiger charge is -2.10. The first-order chi connectivity index (χ1) is 5.29. The third-order valence-electron chi connectivity index (χ3n) is 1.69. The van der Waals surface area contributed by atoms with E-state index in [9.17, 15) is 0 Å². The zero-order valence-corrected chi connectivity index (χ0v) is 6.95. The van der Waals surface area contributed by atoms with Crippen molar-refractivity contribution in [3.63, 3.8) is 0 Å². The van der Waals surface area contributed by atoms with Gasteiger partial charge in [-0.3, -0.25) is 0 Å². The molecule has 0 radical (unpaired) electrons. The fraction of sp³-hybridized carbons (Fsp3) is 1.00. The van der Waals surface area contributed by atoms with Crippen molar-refractivity contribution in [2.45, 2.75) is 32.0 Å². The van der Waals surface area contributed by atoms with E-state index in [0.717, 1.165) is 19.4 Å². The van der Waals surface area contributed by atoms with E-state index in [0.29, 0.717) is 13.2 Å². The highest BCUT2D eigenvalue weighted by atomic mass is 16.5. The van der Waals surface area contributed by atoms with E-state index >= 15 is 0 Å². The van der Waals surface area contributed by atoms with Crippen LogP contribution in [0.4, 0.5) is 0 Å². The second-order valence-corrected chi connectivity index (χ2v) is 3.02. The van der Waals surface area contributed by atoms with Gasteiger partial charge < -0.3 is 14.6 Å². The summed E-state index contributed by atoms with van der Waals surface area (Å²) in [5, 5.41) is 8.86. The van der Waals surface area contributed by atoms with E-state index in [2.05, 4.69) is 0 Å². The minimum atomic E-state index is -0.364. The average Bonchev–Trinajstić information content (AvgIpc) is 2.39. The minimum Gasteiger partial charge on any atom is -0.391 e. The summed E-state index contributed by atoms with van der Waals surface area (Å²) in [5.41, 5.74) is 0. The molecule has 1 aliphatic heterocycles. The molecule has 66 valence electrons. The van der Waals surface area contributed by atoms with Crippen LogP contribution in [0, 0.1) is 0 Å².